The SMILES string of the molecule is Cc1ccc(N2C(=O)C[C@@H]([NH+]3CC[NH+](C)CC3)C2=O)cc1. The molecule has 2 N–H and O–H groups in total. The minimum absolute atomic E-state index is 0.0293. The molecule has 1 aromatic carbocycles. The largest absolute Gasteiger partial charge is 0.328 e. The molecule has 2 amide bonds. The fourth-order valence-electron chi connectivity index (χ4n) is 3.26. The van der Waals surface area contributed by atoms with E-state index in [4.69, 9.17) is 0 Å². The van der Waals surface area contributed by atoms with Crippen molar-refractivity contribution in [2.45, 2.75) is 19.4 Å². The summed E-state index contributed by atoms with van der Waals surface area (Å²) in [6, 6.07) is 7.41. The number of aryl methyl sites for hydroxylation is 1. The highest BCUT2D eigenvalue weighted by atomic mass is 16.2. The molecule has 2 fully saturated rings. The molecule has 0 aromatic heterocycles. The second-order valence-corrected chi connectivity index (χ2v) is 6.28. The van der Waals surface area contributed by atoms with Crippen LogP contribution in [0.2, 0.25) is 0 Å². The van der Waals surface area contributed by atoms with Gasteiger partial charge in [0.25, 0.3) is 5.91 Å². The Morgan fingerprint density at radius 2 is 1.67 bits per heavy atom. The fraction of sp³-hybridized carbons (Fsp3) is 0.500. The molecule has 0 spiro atoms. The average molecular weight is 289 g/mol. The highest BCUT2D eigenvalue weighted by molar-refractivity contribution is 6.21. The number of piperazine rings is 1. The quantitative estimate of drug-likeness (QED) is 0.621. The number of quaternary nitrogens is 2. The third-order valence-corrected chi connectivity index (χ3v) is 4.68. The maximum Gasteiger partial charge on any atom is 0.292 e. The summed E-state index contributed by atoms with van der Waals surface area (Å²) in [5.74, 6) is -0.0916. The Bertz CT molecular complexity index is 547. The first-order valence-corrected chi connectivity index (χ1v) is 7.65. The predicted molar refractivity (Wildman–Crippen MR) is 79.4 cm³/mol. The van der Waals surface area contributed by atoms with E-state index in [0.717, 1.165) is 31.7 Å². The molecule has 2 aliphatic rings. The molecule has 21 heavy (non-hydrogen) atoms. The molecule has 0 unspecified atom stereocenters. The first kappa shape index (κ1) is 14.2. The molecule has 0 bridgehead atoms. The molecule has 5 nitrogen and oxygen atoms in total. The number of amides is 2. The summed E-state index contributed by atoms with van der Waals surface area (Å²) in [5.41, 5.74) is 1.83. The van der Waals surface area contributed by atoms with E-state index in [1.54, 1.807) is 0 Å². The van der Waals surface area contributed by atoms with E-state index in [-0.39, 0.29) is 17.9 Å². The topological polar surface area (TPSA) is 46.3 Å². The Balaban J connectivity index is 1.77. The molecule has 2 saturated heterocycles. The number of hydrogen-bond acceptors (Lipinski definition) is 2. The fourth-order valence-corrected chi connectivity index (χ4v) is 3.26. The van der Waals surface area contributed by atoms with E-state index in [2.05, 4.69) is 7.05 Å². The summed E-state index contributed by atoms with van der Waals surface area (Å²) in [6.07, 6.45) is 0.348. The smallest absolute Gasteiger partial charge is 0.292 e. The van der Waals surface area contributed by atoms with Crippen LogP contribution >= 0.6 is 0 Å². The average Bonchev–Trinajstić information content (AvgIpc) is 2.76. The lowest BCUT2D eigenvalue weighted by Gasteiger charge is -2.30. The van der Waals surface area contributed by atoms with Gasteiger partial charge in [0.05, 0.1) is 19.2 Å². The van der Waals surface area contributed by atoms with Crippen LogP contribution in [0, 0.1) is 6.92 Å². The first-order chi connectivity index (χ1) is 10.1. The Labute approximate surface area is 125 Å². The van der Waals surface area contributed by atoms with Crippen molar-refractivity contribution in [1.29, 1.82) is 0 Å². The van der Waals surface area contributed by atoms with Gasteiger partial charge in [0.2, 0.25) is 5.91 Å². The molecule has 0 radical (unpaired) electrons. The van der Waals surface area contributed by atoms with Crippen LogP contribution in [-0.2, 0) is 9.59 Å². The lowest BCUT2D eigenvalue weighted by molar-refractivity contribution is -1.01. The molecule has 1 atom stereocenters. The van der Waals surface area contributed by atoms with Crippen LogP contribution in [-0.4, -0.2) is 51.1 Å². The van der Waals surface area contributed by atoms with Gasteiger partial charge >= 0.3 is 0 Å². The summed E-state index contributed by atoms with van der Waals surface area (Å²) < 4.78 is 0. The monoisotopic (exact) mass is 289 g/mol. The Morgan fingerprint density at radius 3 is 2.29 bits per heavy atom. The number of nitrogens with one attached hydrogen (secondary N) is 2. The minimum Gasteiger partial charge on any atom is -0.328 e. The summed E-state index contributed by atoms with van der Waals surface area (Å²) in [5, 5.41) is 0. The number of carbonyl (C=O) groups is 2. The van der Waals surface area contributed by atoms with Gasteiger partial charge in [0, 0.05) is 0 Å². The van der Waals surface area contributed by atoms with Gasteiger partial charge in [-0.05, 0) is 19.1 Å². The van der Waals surface area contributed by atoms with Crippen molar-refractivity contribution >= 4 is 17.5 Å². The number of nitrogens with zero attached hydrogens (tertiary/aromatic N) is 1. The highest BCUT2D eigenvalue weighted by Crippen LogP contribution is 2.22. The summed E-state index contributed by atoms with van der Waals surface area (Å²) in [7, 11) is 2.18. The summed E-state index contributed by atoms with van der Waals surface area (Å²) in [6.45, 7) is 6.07. The second-order valence-electron chi connectivity index (χ2n) is 6.28. The van der Waals surface area contributed by atoms with Crippen molar-refractivity contribution in [2.24, 2.45) is 0 Å². The van der Waals surface area contributed by atoms with Gasteiger partial charge in [-0.15, -0.1) is 0 Å². The zero-order valence-corrected chi connectivity index (χ0v) is 12.7. The van der Waals surface area contributed by atoms with Crippen LogP contribution in [0.25, 0.3) is 0 Å². The molecular formula is C16H23N3O2+2. The van der Waals surface area contributed by atoms with E-state index in [0.29, 0.717) is 12.1 Å². The van der Waals surface area contributed by atoms with Crippen LogP contribution in [0.3, 0.4) is 0 Å². The molecule has 2 heterocycles. The van der Waals surface area contributed by atoms with Gasteiger partial charge in [-0.25, -0.2) is 4.90 Å². The first-order valence-electron chi connectivity index (χ1n) is 7.65. The lowest BCUT2D eigenvalue weighted by atomic mass is 10.2. The number of rotatable bonds is 2. The van der Waals surface area contributed by atoms with Gasteiger partial charge in [0.15, 0.2) is 6.04 Å². The third kappa shape index (κ3) is 2.71. The van der Waals surface area contributed by atoms with E-state index < -0.39 is 0 Å². The molecular weight excluding hydrogens is 266 g/mol. The van der Waals surface area contributed by atoms with E-state index >= 15 is 0 Å². The van der Waals surface area contributed by atoms with E-state index in [1.165, 1.54) is 14.7 Å². The van der Waals surface area contributed by atoms with E-state index in [1.807, 2.05) is 31.2 Å². The van der Waals surface area contributed by atoms with Crippen molar-refractivity contribution in [1.82, 2.24) is 0 Å². The number of likely N-dealkylation sites (N-methyl/N-ethyl adjacent to an activating group) is 1. The number of imide groups is 1. The van der Waals surface area contributed by atoms with Crippen molar-refractivity contribution in [3.63, 3.8) is 0 Å². The van der Waals surface area contributed by atoms with Gasteiger partial charge in [-0.3, -0.25) is 9.59 Å². The van der Waals surface area contributed by atoms with Crippen molar-refractivity contribution in [3.8, 4) is 0 Å². The lowest BCUT2D eigenvalue weighted by Crippen LogP contribution is -3.29. The molecule has 112 valence electrons. The maximum absolute atomic E-state index is 12.7. The molecule has 1 aromatic rings. The summed E-state index contributed by atoms with van der Waals surface area (Å²) >= 11 is 0. The number of anilines is 1. The molecule has 0 saturated carbocycles. The van der Waals surface area contributed by atoms with Crippen LogP contribution in [0.1, 0.15) is 12.0 Å². The third-order valence-electron chi connectivity index (χ3n) is 4.68. The minimum atomic E-state index is -0.188. The van der Waals surface area contributed by atoms with Crippen molar-refractivity contribution in [3.05, 3.63) is 29.8 Å². The normalized spacial score (nSPS) is 30.0. The standard InChI is InChI=1S/C16H21N3O2/c1-12-3-5-13(6-4-12)19-15(20)11-14(16(19)21)18-9-7-17(2)8-10-18/h3-6,14H,7-11H2,1-2H3/p+2/t14-/m1/s1. The zero-order valence-electron chi connectivity index (χ0n) is 12.7. The molecule has 5 heteroatoms. The van der Waals surface area contributed by atoms with Gasteiger partial charge < -0.3 is 9.80 Å². The maximum atomic E-state index is 12.7. The van der Waals surface area contributed by atoms with Crippen LogP contribution in [0.15, 0.2) is 24.3 Å². The molecule has 3 rings (SSSR count). The number of benzene rings is 1. The van der Waals surface area contributed by atoms with Crippen molar-refractivity contribution < 1.29 is 19.4 Å². The Morgan fingerprint density at radius 1 is 1.05 bits per heavy atom. The molecule has 2 aliphatic heterocycles. The van der Waals surface area contributed by atoms with Crippen LogP contribution in [0.5, 0.6) is 0 Å². The van der Waals surface area contributed by atoms with E-state index in [9.17, 15) is 9.59 Å². The number of hydrogen-bond donors (Lipinski definition) is 2. The van der Waals surface area contributed by atoms with Gasteiger partial charge in [-0.1, -0.05) is 17.7 Å². The van der Waals surface area contributed by atoms with Crippen molar-refractivity contribution in [2.75, 3.05) is 38.1 Å². The van der Waals surface area contributed by atoms with Gasteiger partial charge in [0.1, 0.15) is 26.2 Å². The van der Waals surface area contributed by atoms with Crippen LogP contribution in [0.4, 0.5) is 5.69 Å². The highest BCUT2D eigenvalue weighted by Gasteiger charge is 2.46. The Kier molecular flexibility index (Phi) is 3.78. The molecule has 0 aliphatic carbocycles. The Hall–Kier alpha value is -1.72. The number of carbonyl (C=O) groups excluding carboxylic acids is 2. The van der Waals surface area contributed by atoms with Crippen LogP contribution < -0.4 is 14.7 Å². The second kappa shape index (κ2) is 5.58. The predicted octanol–water partition coefficient (Wildman–Crippen LogP) is -1.96. The zero-order chi connectivity index (χ0) is 15.0. The van der Waals surface area contributed by atoms with Gasteiger partial charge in [-0.2, -0.15) is 0 Å². The summed E-state index contributed by atoms with van der Waals surface area (Å²) in [4.78, 5) is 29.1.